The second kappa shape index (κ2) is 8.83. The van der Waals surface area contributed by atoms with Crippen LogP contribution < -0.4 is 10.1 Å². The van der Waals surface area contributed by atoms with E-state index in [2.05, 4.69) is 29.4 Å². The summed E-state index contributed by atoms with van der Waals surface area (Å²) in [6, 6.07) is 3.79. The van der Waals surface area contributed by atoms with Gasteiger partial charge < -0.3 is 14.8 Å². The maximum absolute atomic E-state index is 5.43. The molecule has 1 rings (SSSR count). The molecule has 0 atom stereocenters. The molecular formula is C13H23N3O2. The lowest BCUT2D eigenvalue weighted by Gasteiger charge is -2.07. The normalized spacial score (nSPS) is 10.9. The molecule has 0 amide bonds. The first-order chi connectivity index (χ1) is 8.72. The van der Waals surface area contributed by atoms with Crippen LogP contribution in [-0.4, -0.2) is 37.1 Å². The summed E-state index contributed by atoms with van der Waals surface area (Å²) in [5.74, 6) is 1.21. The number of ether oxygens (including phenoxy) is 2. The smallest absolute Gasteiger partial charge is 0.233 e. The molecule has 0 aliphatic carbocycles. The van der Waals surface area contributed by atoms with Gasteiger partial charge in [0.05, 0.1) is 12.3 Å². The Balaban J connectivity index is 2.24. The van der Waals surface area contributed by atoms with Gasteiger partial charge in [-0.3, -0.25) is 0 Å². The van der Waals surface area contributed by atoms with Gasteiger partial charge in [-0.05, 0) is 18.5 Å². The van der Waals surface area contributed by atoms with E-state index in [1.165, 1.54) is 0 Å². The summed E-state index contributed by atoms with van der Waals surface area (Å²) in [7, 11) is 1.68. The van der Waals surface area contributed by atoms with Crippen LogP contribution in [0.5, 0.6) is 5.88 Å². The van der Waals surface area contributed by atoms with E-state index in [1.54, 1.807) is 7.11 Å². The van der Waals surface area contributed by atoms with Crippen molar-refractivity contribution < 1.29 is 9.47 Å². The highest BCUT2D eigenvalue weighted by Crippen LogP contribution is 2.05. The summed E-state index contributed by atoms with van der Waals surface area (Å²) in [4.78, 5) is 0. The first kappa shape index (κ1) is 14.9. The molecule has 1 heterocycles. The summed E-state index contributed by atoms with van der Waals surface area (Å²) in [6.07, 6.45) is 0.857. The van der Waals surface area contributed by atoms with E-state index < -0.39 is 0 Å². The molecule has 1 N–H and O–H groups in total. The summed E-state index contributed by atoms with van der Waals surface area (Å²) < 4.78 is 10.4. The largest absolute Gasteiger partial charge is 0.477 e. The van der Waals surface area contributed by atoms with Gasteiger partial charge >= 0.3 is 0 Å². The third-order valence-corrected chi connectivity index (χ3v) is 2.30. The fourth-order valence-electron chi connectivity index (χ4n) is 1.39. The molecule has 0 radical (unpaired) electrons. The Morgan fingerprint density at radius 1 is 1.22 bits per heavy atom. The lowest BCUT2D eigenvalue weighted by atomic mass is 10.2. The third kappa shape index (κ3) is 6.51. The Morgan fingerprint density at radius 2 is 2.06 bits per heavy atom. The molecule has 0 aliphatic rings. The number of methoxy groups -OCH3 is 1. The van der Waals surface area contributed by atoms with Crippen LogP contribution in [0.15, 0.2) is 12.1 Å². The van der Waals surface area contributed by atoms with Crippen molar-refractivity contribution in [3.63, 3.8) is 0 Å². The minimum Gasteiger partial charge on any atom is -0.477 e. The average Bonchev–Trinajstić information content (AvgIpc) is 2.36. The zero-order valence-corrected chi connectivity index (χ0v) is 11.5. The quantitative estimate of drug-likeness (QED) is 0.678. The van der Waals surface area contributed by atoms with Crippen LogP contribution in [-0.2, 0) is 11.3 Å². The summed E-state index contributed by atoms with van der Waals surface area (Å²) in [5.41, 5.74) is 0.930. The van der Waals surface area contributed by atoms with Crippen LogP contribution >= 0.6 is 0 Å². The fraction of sp³-hybridized carbons (Fsp3) is 0.692. The van der Waals surface area contributed by atoms with Crippen molar-refractivity contribution in [3.8, 4) is 5.88 Å². The van der Waals surface area contributed by atoms with Gasteiger partial charge in [0, 0.05) is 32.7 Å². The van der Waals surface area contributed by atoms with Crippen molar-refractivity contribution in [2.24, 2.45) is 5.92 Å². The van der Waals surface area contributed by atoms with Crippen molar-refractivity contribution in [1.82, 2.24) is 15.5 Å². The second-order valence-electron chi connectivity index (χ2n) is 4.58. The molecule has 0 aromatic carbocycles. The van der Waals surface area contributed by atoms with E-state index in [9.17, 15) is 0 Å². The van der Waals surface area contributed by atoms with Crippen LogP contribution in [0.3, 0.4) is 0 Å². The molecule has 0 aliphatic heterocycles. The van der Waals surface area contributed by atoms with E-state index in [1.807, 2.05) is 12.1 Å². The van der Waals surface area contributed by atoms with Crippen LogP contribution in [0, 0.1) is 5.92 Å². The van der Waals surface area contributed by atoms with Gasteiger partial charge in [0.15, 0.2) is 0 Å². The molecule has 0 unspecified atom stereocenters. The van der Waals surface area contributed by atoms with Crippen molar-refractivity contribution in [2.75, 3.05) is 26.9 Å². The maximum atomic E-state index is 5.43. The molecular weight excluding hydrogens is 230 g/mol. The van der Waals surface area contributed by atoms with E-state index in [4.69, 9.17) is 9.47 Å². The minimum atomic E-state index is 0.568. The number of nitrogens with zero attached hydrogens (tertiary/aromatic N) is 2. The molecule has 0 saturated heterocycles. The van der Waals surface area contributed by atoms with Gasteiger partial charge in [-0.15, -0.1) is 5.10 Å². The molecule has 0 bridgehead atoms. The number of hydrogen-bond acceptors (Lipinski definition) is 5. The number of hydrogen-bond donors (Lipinski definition) is 1. The van der Waals surface area contributed by atoms with E-state index in [-0.39, 0.29) is 0 Å². The lowest BCUT2D eigenvalue weighted by Crippen LogP contribution is -2.19. The molecule has 5 nitrogen and oxygen atoms in total. The van der Waals surface area contributed by atoms with Crippen molar-refractivity contribution in [3.05, 3.63) is 17.8 Å². The second-order valence-corrected chi connectivity index (χ2v) is 4.58. The SMILES string of the molecule is COCCCOc1ccc(CNCC(C)C)nn1. The number of nitrogens with one attached hydrogen (secondary N) is 1. The molecule has 0 spiro atoms. The predicted molar refractivity (Wildman–Crippen MR) is 70.6 cm³/mol. The van der Waals surface area contributed by atoms with Gasteiger partial charge in [-0.25, -0.2) is 0 Å². The summed E-state index contributed by atoms with van der Waals surface area (Å²) >= 11 is 0. The first-order valence-corrected chi connectivity index (χ1v) is 6.37. The van der Waals surface area contributed by atoms with Gasteiger partial charge in [0.2, 0.25) is 5.88 Å². The average molecular weight is 253 g/mol. The number of rotatable bonds is 9. The fourth-order valence-corrected chi connectivity index (χ4v) is 1.39. The Kier molecular flexibility index (Phi) is 7.29. The van der Waals surface area contributed by atoms with E-state index >= 15 is 0 Å². The molecule has 5 heteroatoms. The topological polar surface area (TPSA) is 56.3 Å². The highest BCUT2D eigenvalue weighted by atomic mass is 16.5. The van der Waals surface area contributed by atoms with Crippen LogP contribution in [0.1, 0.15) is 26.0 Å². The zero-order valence-electron chi connectivity index (χ0n) is 11.5. The highest BCUT2D eigenvalue weighted by molar-refractivity contribution is 5.11. The molecule has 1 aromatic heterocycles. The Morgan fingerprint density at radius 3 is 2.67 bits per heavy atom. The van der Waals surface area contributed by atoms with Crippen LogP contribution in [0.25, 0.3) is 0 Å². The summed E-state index contributed by atoms with van der Waals surface area (Å²) in [6.45, 7) is 7.38. The molecule has 0 fully saturated rings. The monoisotopic (exact) mass is 253 g/mol. The van der Waals surface area contributed by atoms with Gasteiger partial charge in [-0.2, -0.15) is 5.10 Å². The number of aromatic nitrogens is 2. The summed E-state index contributed by atoms with van der Waals surface area (Å²) in [5, 5.41) is 11.4. The molecule has 0 saturated carbocycles. The van der Waals surface area contributed by atoms with Gasteiger partial charge in [-0.1, -0.05) is 13.8 Å². The predicted octanol–water partition coefficient (Wildman–Crippen LogP) is 1.64. The molecule has 1 aromatic rings. The van der Waals surface area contributed by atoms with Crippen molar-refractivity contribution in [2.45, 2.75) is 26.8 Å². The van der Waals surface area contributed by atoms with E-state index in [0.717, 1.165) is 25.2 Å². The lowest BCUT2D eigenvalue weighted by molar-refractivity contribution is 0.170. The van der Waals surface area contributed by atoms with Gasteiger partial charge in [0.25, 0.3) is 0 Å². The molecule has 102 valence electrons. The Labute approximate surface area is 109 Å². The van der Waals surface area contributed by atoms with Gasteiger partial charge in [0.1, 0.15) is 0 Å². The third-order valence-electron chi connectivity index (χ3n) is 2.30. The molecule has 18 heavy (non-hydrogen) atoms. The Bertz CT molecular complexity index is 315. The standard InChI is InChI=1S/C13H23N3O2/c1-11(2)9-14-10-12-5-6-13(16-15-12)18-8-4-7-17-3/h5-6,11,14H,4,7-10H2,1-3H3. The zero-order chi connectivity index (χ0) is 13.2. The first-order valence-electron chi connectivity index (χ1n) is 6.37. The van der Waals surface area contributed by atoms with Crippen molar-refractivity contribution >= 4 is 0 Å². The Hall–Kier alpha value is -1.20. The maximum Gasteiger partial charge on any atom is 0.233 e. The highest BCUT2D eigenvalue weighted by Gasteiger charge is 1.99. The van der Waals surface area contributed by atoms with E-state index in [0.29, 0.717) is 25.0 Å². The van der Waals surface area contributed by atoms with Crippen LogP contribution in [0.4, 0.5) is 0 Å². The van der Waals surface area contributed by atoms with Crippen molar-refractivity contribution in [1.29, 1.82) is 0 Å². The van der Waals surface area contributed by atoms with Crippen LogP contribution in [0.2, 0.25) is 0 Å². The minimum absolute atomic E-state index is 0.568.